The highest BCUT2D eigenvalue weighted by atomic mass is 32.2. The summed E-state index contributed by atoms with van der Waals surface area (Å²) in [6.07, 6.45) is 1.82. The molecule has 72 valence electrons. The molecule has 5 heteroatoms. The van der Waals surface area contributed by atoms with Gasteiger partial charge in [0, 0.05) is 0 Å². The Morgan fingerprint density at radius 1 is 1.42 bits per heavy atom. The largest absolute Gasteiger partial charge is 0.285 e. The van der Waals surface area contributed by atoms with E-state index in [-0.39, 0.29) is 5.92 Å². The van der Waals surface area contributed by atoms with Crippen LogP contribution in [0.2, 0.25) is 0 Å². The first-order chi connectivity index (χ1) is 5.52. The molecule has 1 aliphatic heterocycles. The van der Waals surface area contributed by atoms with Crippen LogP contribution in [0, 0.1) is 5.92 Å². The van der Waals surface area contributed by atoms with Crippen LogP contribution in [-0.2, 0) is 10.1 Å². The zero-order valence-corrected chi connectivity index (χ0v) is 8.70. The first-order valence-electron chi connectivity index (χ1n) is 4.06. The molecule has 0 saturated carbocycles. The molecule has 3 nitrogen and oxygen atoms in total. The molecular formula is C7H14O3S2. The van der Waals surface area contributed by atoms with Crippen molar-refractivity contribution in [3.05, 3.63) is 0 Å². The Hall–Kier alpha value is 0.260. The molecule has 1 fully saturated rings. The summed E-state index contributed by atoms with van der Waals surface area (Å²) in [7, 11) is -3.81. The highest BCUT2D eigenvalue weighted by Gasteiger charge is 2.28. The molecule has 1 atom stereocenters. The Morgan fingerprint density at radius 2 is 1.92 bits per heavy atom. The predicted molar refractivity (Wildman–Crippen MR) is 51.1 cm³/mol. The van der Waals surface area contributed by atoms with E-state index < -0.39 is 15.4 Å². The van der Waals surface area contributed by atoms with Crippen molar-refractivity contribution in [3.63, 3.8) is 0 Å². The van der Waals surface area contributed by atoms with E-state index in [1.165, 1.54) is 0 Å². The van der Waals surface area contributed by atoms with Gasteiger partial charge in [-0.05, 0) is 37.2 Å². The average Bonchev–Trinajstić information content (AvgIpc) is 2.03. The molecule has 0 spiro atoms. The van der Waals surface area contributed by atoms with E-state index in [0.29, 0.717) is 0 Å². The topological polar surface area (TPSA) is 54.4 Å². The van der Waals surface area contributed by atoms with Gasteiger partial charge in [-0.2, -0.15) is 20.2 Å². The van der Waals surface area contributed by atoms with Crippen LogP contribution < -0.4 is 0 Å². The van der Waals surface area contributed by atoms with Crippen molar-refractivity contribution in [2.45, 2.75) is 25.0 Å². The number of rotatable bonds is 2. The van der Waals surface area contributed by atoms with Crippen molar-refractivity contribution >= 4 is 21.9 Å². The lowest BCUT2D eigenvalue weighted by Gasteiger charge is -2.24. The normalized spacial score (nSPS) is 23.8. The van der Waals surface area contributed by atoms with Crippen LogP contribution in [0.1, 0.15) is 19.8 Å². The van der Waals surface area contributed by atoms with Gasteiger partial charge in [0.15, 0.2) is 0 Å². The second kappa shape index (κ2) is 3.98. The van der Waals surface area contributed by atoms with Gasteiger partial charge in [0.05, 0.1) is 5.25 Å². The van der Waals surface area contributed by atoms with Crippen LogP contribution in [0.15, 0.2) is 0 Å². The smallest absolute Gasteiger partial charge is 0.267 e. The summed E-state index contributed by atoms with van der Waals surface area (Å²) in [6.45, 7) is 1.59. The lowest BCUT2D eigenvalue weighted by atomic mass is 10.00. The molecule has 12 heavy (non-hydrogen) atoms. The molecule has 0 bridgehead atoms. The van der Waals surface area contributed by atoms with Crippen LogP contribution in [0.5, 0.6) is 0 Å². The second-order valence-corrected chi connectivity index (χ2v) is 6.17. The highest BCUT2D eigenvalue weighted by Crippen LogP contribution is 2.27. The average molecular weight is 210 g/mol. The van der Waals surface area contributed by atoms with Gasteiger partial charge >= 0.3 is 0 Å². The molecule has 0 radical (unpaired) electrons. The third-order valence-corrected chi connectivity index (χ3v) is 4.77. The fourth-order valence-electron chi connectivity index (χ4n) is 1.43. The molecule has 1 heterocycles. The monoisotopic (exact) mass is 210 g/mol. The first-order valence-corrected chi connectivity index (χ1v) is 6.71. The standard InChI is InChI=1S/C7H14O3S2/c1-6(12(8,9)10)7-2-4-11-5-3-7/h6-7H,2-5H2,1H3,(H,8,9,10). The molecule has 0 aromatic carbocycles. The van der Waals surface area contributed by atoms with E-state index in [1.807, 2.05) is 11.8 Å². The van der Waals surface area contributed by atoms with Crippen molar-refractivity contribution in [1.82, 2.24) is 0 Å². The molecule has 0 aromatic rings. The van der Waals surface area contributed by atoms with Crippen LogP contribution in [0.3, 0.4) is 0 Å². The zero-order chi connectivity index (χ0) is 9.19. The molecule has 1 rings (SSSR count). The fourth-order valence-corrected chi connectivity index (χ4v) is 3.33. The maximum atomic E-state index is 10.8. The molecule has 0 aromatic heterocycles. The van der Waals surface area contributed by atoms with Crippen molar-refractivity contribution in [2.75, 3.05) is 11.5 Å². The van der Waals surface area contributed by atoms with Gasteiger partial charge in [-0.3, -0.25) is 4.55 Å². The first kappa shape index (κ1) is 10.3. The Labute approximate surface area is 77.7 Å². The highest BCUT2D eigenvalue weighted by molar-refractivity contribution is 7.99. The predicted octanol–water partition coefficient (Wildman–Crippen LogP) is 1.41. The van der Waals surface area contributed by atoms with Crippen LogP contribution >= 0.6 is 11.8 Å². The van der Waals surface area contributed by atoms with Crippen molar-refractivity contribution in [2.24, 2.45) is 5.92 Å². The molecule has 0 aliphatic carbocycles. The van der Waals surface area contributed by atoms with E-state index in [2.05, 4.69) is 0 Å². The van der Waals surface area contributed by atoms with E-state index >= 15 is 0 Å². The Bertz CT molecular complexity index is 229. The third kappa shape index (κ3) is 2.64. The van der Waals surface area contributed by atoms with Gasteiger partial charge in [-0.25, -0.2) is 0 Å². The quantitative estimate of drug-likeness (QED) is 0.700. The lowest BCUT2D eigenvalue weighted by molar-refractivity contribution is 0.413. The Balaban J connectivity index is 2.57. The minimum Gasteiger partial charge on any atom is -0.285 e. The van der Waals surface area contributed by atoms with Gasteiger partial charge in [-0.1, -0.05) is 0 Å². The summed E-state index contributed by atoms with van der Waals surface area (Å²) >= 11 is 1.85. The Kier molecular flexibility index (Phi) is 3.43. The molecule has 1 unspecified atom stereocenters. The summed E-state index contributed by atoms with van der Waals surface area (Å²) in [6, 6.07) is 0. The summed E-state index contributed by atoms with van der Waals surface area (Å²) in [5, 5.41) is -0.585. The van der Waals surface area contributed by atoms with E-state index in [1.54, 1.807) is 6.92 Å². The van der Waals surface area contributed by atoms with Crippen molar-refractivity contribution < 1.29 is 13.0 Å². The van der Waals surface area contributed by atoms with Crippen LogP contribution in [0.25, 0.3) is 0 Å². The zero-order valence-electron chi connectivity index (χ0n) is 7.06. The number of hydrogen-bond donors (Lipinski definition) is 1. The molecule has 1 aliphatic rings. The molecular weight excluding hydrogens is 196 g/mol. The Morgan fingerprint density at radius 3 is 2.33 bits per heavy atom. The van der Waals surface area contributed by atoms with Gasteiger partial charge in [-0.15, -0.1) is 0 Å². The molecule has 0 amide bonds. The third-order valence-electron chi connectivity index (χ3n) is 2.40. The van der Waals surface area contributed by atoms with Crippen molar-refractivity contribution in [1.29, 1.82) is 0 Å². The summed E-state index contributed by atoms with van der Waals surface area (Å²) < 4.78 is 30.4. The number of thioether (sulfide) groups is 1. The van der Waals surface area contributed by atoms with Gasteiger partial charge in [0.1, 0.15) is 0 Å². The van der Waals surface area contributed by atoms with E-state index in [0.717, 1.165) is 24.3 Å². The summed E-state index contributed by atoms with van der Waals surface area (Å²) in [5.74, 6) is 2.19. The van der Waals surface area contributed by atoms with Crippen LogP contribution in [-0.4, -0.2) is 29.7 Å². The van der Waals surface area contributed by atoms with E-state index in [9.17, 15) is 8.42 Å². The second-order valence-electron chi connectivity index (χ2n) is 3.17. The minimum absolute atomic E-state index is 0.154. The van der Waals surface area contributed by atoms with Gasteiger partial charge < -0.3 is 0 Å². The van der Waals surface area contributed by atoms with Crippen LogP contribution in [0.4, 0.5) is 0 Å². The maximum absolute atomic E-state index is 10.8. The van der Waals surface area contributed by atoms with Crippen molar-refractivity contribution in [3.8, 4) is 0 Å². The van der Waals surface area contributed by atoms with Gasteiger partial charge in [0.25, 0.3) is 10.1 Å². The molecule has 1 saturated heterocycles. The van der Waals surface area contributed by atoms with Gasteiger partial charge in [0.2, 0.25) is 0 Å². The SMILES string of the molecule is CC(C1CCSCC1)S(=O)(=O)O. The lowest BCUT2D eigenvalue weighted by Crippen LogP contribution is -2.29. The minimum atomic E-state index is -3.81. The summed E-state index contributed by atoms with van der Waals surface area (Å²) in [5.41, 5.74) is 0. The summed E-state index contributed by atoms with van der Waals surface area (Å²) in [4.78, 5) is 0. The number of hydrogen-bond acceptors (Lipinski definition) is 3. The fraction of sp³-hybridized carbons (Fsp3) is 1.00. The molecule has 1 N–H and O–H groups in total. The van der Waals surface area contributed by atoms with E-state index in [4.69, 9.17) is 4.55 Å². The maximum Gasteiger partial charge on any atom is 0.267 e.